The third kappa shape index (κ3) is 4.14. The van der Waals surface area contributed by atoms with Gasteiger partial charge >= 0.3 is 0 Å². The van der Waals surface area contributed by atoms with Crippen LogP contribution in [0.15, 0.2) is 34.5 Å². The van der Waals surface area contributed by atoms with E-state index in [-0.39, 0.29) is 6.61 Å². The summed E-state index contributed by atoms with van der Waals surface area (Å²) in [4.78, 5) is 2.61. The summed E-state index contributed by atoms with van der Waals surface area (Å²) in [5.41, 5.74) is 3.77. The predicted molar refractivity (Wildman–Crippen MR) is 88.4 cm³/mol. The molecular weight excluding hydrogens is 284 g/mol. The number of aliphatic hydroxyl groups is 1. The number of aliphatic hydroxyl groups excluding tert-OH is 1. The smallest absolute Gasteiger partial charge is 0.0540 e. The summed E-state index contributed by atoms with van der Waals surface area (Å²) in [7, 11) is 0. The zero-order valence-electron chi connectivity index (χ0n) is 11.8. The molecule has 0 bridgehead atoms. The number of hydrogen-bond donors (Lipinski definition) is 1. The molecule has 1 aromatic heterocycles. The maximum atomic E-state index is 8.76. The van der Waals surface area contributed by atoms with E-state index in [1.54, 1.807) is 11.3 Å². The minimum atomic E-state index is 0.129. The number of rotatable bonds is 4. The molecule has 1 heterocycles. The molecule has 0 spiro atoms. The van der Waals surface area contributed by atoms with Gasteiger partial charge in [0.05, 0.1) is 6.61 Å². The van der Waals surface area contributed by atoms with Crippen molar-refractivity contribution in [3.63, 3.8) is 0 Å². The van der Waals surface area contributed by atoms with Crippen LogP contribution in [0.5, 0.6) is 0 Å². The highest BCUT2D eigenvalue weighted by Gasteiger charge is 2.04. The molecule has 0 aliphatic heterocycles. The largest absolute Gasteiger partial charge is 0.395 e. The summed E-state index contributed by atoms with van der Waals surface area (Å²) in [5.74, 6) is 7.08. The van der Waals surface area contributed by atoms with Crippen molar-refractivity contribution in [1.82, 2.24) is 0 Å². The summed E-state index contributed by atoms with van der Waals surface area (Å²) in [6.07, 6.45) is 0.541. The first-order chi connectivity index (χ1) is 9.70. The average Bonchev–Trinajstić information content (AvgIpc) is 2.88. The van der Waals surface area contributed by atoms with Crippen molar-refractivity contribution < 1.29 is 5.11 Å². The van der Waals surface area contributed by atoms with Crippen LogP contribution in [0.1, 0.15) is 28.0 Å². The van der Waals surface area contributed by atoms with Crippen LogP contribution in [0.3, 0.4) is 0 Å². The highest BCUT2D eigenvalue weighted by Crippen LogP contribution is 2.28. The maximum absolute atomic E-state index is 8.76. The Kier molecular flexibility index (Phi) is 5.72. The van der Waals surface area contributed by atoms with E-state index in [0.717, 1.165) is 11.3 Å². The van der Waals surface area contributed by atoms with Crippen molar-refractivity contribution >= 4 is 23.1 Å². The fourth-order valence-electron chi connectivity index (χ4n) is 1.73. The Balaban J connectivity index is 2.02. The number of thioether (sulfide) groups is 1. The standard InChI is InChI=1S/C17H18OS2/c1-13-6-7-16(11-14(13)2)20-12-17-15(8-10-19-17)5-3-4-9-18/h6-8,10-11,18H,4,9,12H2,1-2H3. The Morgan fingerprint density at radius 1 is 1.20 bits per heavy atom. The second-order valence-corrected chi connectivity index (χ2v) is 6.62. The predicted octanol–water partition coefficient (Wildman–Crippen LogP) is 4.39. The van der Waals surface area contributed by atoms with Crippen molar-refractivity contribution in [2.24, 2.45) is 0 Å². The van der Waals surface area contributed by atoms with Gasteiger partial charge in [-0.05, 0) is 48.6 Å². The van der Waals surface area contributed by atoms with Crippen LogP contribution < -0.4 is 0 Å². The Bertz CT molecular complexity index is 632. The molecule has 20 heavy (non-hydrogen) atoms. The van der Waals surface area contributed by atoms with Gasteiger partial charge in [-0.1, -0.05) is 17.9 Å². The zero-order chi connectivity index (χ0) is 14.4. The average molecular weight is 302 g/mol. The Hall–Kier alpha value is -1.21. The number of hydrogen-bond acceptors (Lipinski definition) is 3. The lowest BCUT2D eigenvalue weighted by Crippen LogP contribution is -1.84. The minimum absolute atomic E-state index is 0.129. The van der Waals surface area contributed by atoms with E-state index < -0.39 is 0 Å². The van der Waals surface area contributed by atoms with Gasteiger partial charge < -0.3 is 5.11 Å². The third-order valence-electron chi connectivity index (χ3n) is 3.05. The van der Waals surface area contributed by atoms with Gasteiger partial charge in [-0.2, -0.15) is 0 Å². The molecule has 3 heteroatoms. The fourth-order valence-corrected chi connectivity index (χ4v) is 3.67. The van der Waals surface area contributed by atoms with Gasteiger partial charge in [0, 0.05) is 27.5 Å². The number of thiophene rings is 1. The van der Waals surface area contributed by atoms with Crippen LogP contribution in [0.4, 0.5) is 0 Å². The SMILES string of the molecule is Cc1ccc(SCc2sccc2C#CCCO)cc1C. The molecule has 0 amide bonds. The first kappa shape index (κ1) is 15.2. The summed E-state index contributed by atoms with van der Waals surface area (Å²) in [6.45, 7) is 4.41. The highest BCUT2D eigenvalue weighted by molar-refractivity contribution is 7.98. The first-order valence-electron chi connectivity index (χ1n) is 6.57. The molecule has 1 nitrogen and oxygen atoms in total. The van der Waals surface area contributed by atoms with Crippen LogP contribution >= 0.6 is 23.1 Å². The molecule has 0 aliphatic rings. The topological polar surface area (TPSA) is 20.2 Å². The normalized spacial score (nSPS) is 10.2. The van der Waals surface area contributed by atoms with Crippen molar-refractivity contribution in [1.29, 1.82) is 0 Å². The summed E-state index contributed by atoms with van der Waals surface area (Å²) in [6, 6.07) is 8.65. The quantitative estimate of drug-likeness (QED) is 0.667. The molecule has 2 rings (SSSR count). The van der Waals surface area contributed by atoms with Gasteiger partial charge in [0.15, 0.2) is 0 Å². The molecule has 0 radical (unpaired) electrons. The van der Waals surface area contributed by atoms with Crippen LogP contribution in [0, 0.1) is 25.7 Å². The van der Waals surface area contributed by atoms with E-state index in [9.17, 15) is 0 Å². The number of benzene rings is 1. The summed E-state index contributed by atoms with van der Waals surface area (Å²) < 4.78 is 0. The van der Waals surface area contributed by atoms with Gasteiger partial charge in [0.25, 0.3) is 0 Å². The Morgan fingerprint density at radius 2 is 2.05 bits per heavy atom. The van der Waals surface area contributed by atoms with E-state index in [1.807, 2.05) is 11.8 Å². The lowest BCUT2D eigenvalue weighted by atomic mass is 10.1. The van der Waals surface area contributed by atoms with Crippen molar-refractivity contribution in [2.45, 2.75) is 30.9 Å². The van der Waals surface area contributed by atoms with Gasteiger partial charge in [0.1, 0.15) is 0 Å². The molecule has 2 aromatic rings. The Morgan fingerprint density at radius 3 is 2.80 bits per heavy atom. The zero-order valence-corrected chi connectivity index (χ0v) is 13.4. The second-order valence-electron chi connectivity index (χ2n) is 4.57. The van der Waals surface area contributed by atoms with Crippen LogP contribution in [0.2, 0.25) is 0 Å². The maximum Gasteiger partial charge on any atom is 0.0540 e. The Labute approximate surface area is 129 Å². The summed E-state index contributed by atoms with van der Waals surface area (Å²) in [5, 5.41) is 10.8. The molecule has 0 fully saturated rings. The van der Waals surface area contributed by atoms with Crippen LogP contribution in [-0.2, 0) is 5.75 Å². The van der Waals surface area contributed by atoms with Gasteiger partial charge in [-0.3, -0.25) is 0 Å². The van der Waals surface area contributed by atoms with Gasteiger partial charge in [-0.25, -0.2) is 0 Å². The van der Waals surface area contributed by atoms with Crippen LogP contribution in [0.25, 0.3) is 0 Å². The monoisotopic (exact) mass is 302 g/mol. The lowest BCUT2D eigenvalue weighted by Gasteiger charge is -2.04. The lowest BCUT2D eigenvalue weighted by molar-refractivity contribution is 0.305. The van der Waals surface area contributed by atoms with Gasteiger partial charge in [-0.15, -0.1) is 23.1 Å². The molecule has 0 aliphatic carbocycles. The van der Waals surface area contributed by atoms with Crippen molar-refractivity contribution in [3.8, 4) is 11.8 Å². The van der Waals surface area contributed by atoms with E-state index in [2.05, 4.69) is 55.3 Å². The van der Waals surface area contributed by atoms with Crippen molar-refractivity contribution in [2.75, 3.05) is 6.61 Å². The van der Waals surface area contributed by atoms with E-state index >= 15 is 0 Å². The highest BCUT2D eigenvalue weighted by atomic mass is 32.2. The van der Waals surface area contributed by atoms with E-state index in [0.29, 0.717) is 6.42 Å². The summed E-state index contributed by atoms with van der Waals surface area (Å²) >= 11 is 3.60. The molecule has 104 valence electrons. The molecule has 0 unspecified atom stereocenters. The van der Waals surface area contributed by atoms with Crippen LogP contribution in [-0.4, -0.2) is 11.7 Å². The first-order valence-corrected chi connectivity index (χ1v) is 8.43. The number of aryl methyl sites for hydroxylation is 2. The second kappa shape index (κ2) is 7.54. The minimum Gasteiger partial charge on any atom is -0.395 e. The molecule has 0 saturated carbocycles. The van der Waals surface area contributed by atoms with Gasteiger partial charge in [0.2, 0.25) is 0 Å². The van der Waals surface area contributed by atoms with Crippen molar-refractivity contribution in [3.05, 3.63) is 51.2 Å². The molecule has 1 aromatic carbocycles. The van der Waals surface area contributed by atoms with E-state index in [4.69, 9.17) is 5.11 Å². The third-order valence-corrected chi connectivity index (χ3v) is 5.18. The molecule has 1 N–H and O–H groups in total. The fraction of sp³-hybridized carbons (Fsp3) is 0.294. The molecule has 0 atom stereocenters. The molecule has 0 saturated heterocycles. The van der Waals surface area contributed by atoms with E-state index in [1.165, 1.54) is 20.9 Å². The molecular formula is C17H18OS2.